The van der Waals surface area contributed by atoms with Crippen LogP contribution in [0, 0.1) is 0 Å². The van der Waals surface area contributed by atoms with Crippen molar-refractivity contribution in [2.45, 2.75) is 23.2 Å². The molecule has 0 atom stereocenters. The molecule has 1 aliphatic rings. The van der Waals surface area contributed by atoms with Gasteiger partial charge in [-0.2, -0.15) is 0 Å². The van der Waals surface area contributed by atoms with Crippen molar-refractivity contribution in [1.82, 2.24) is 0 Å². The molecule has 0 fully saturated rings. The van der Waals surface area contributed by atoms with E-state index >= 15 is 0 Å². The molecule has 0 aliphatic carbocycles. The summed E-state index contributed by atoms with van der Waals surface area (Å²) in [5, 5.41) is 0.773. The van der Waals surface area contributed by atoms with Crippen LogP contribution in [0.25, 0.3) is 0 Å². The van der Waals surface area contributed by atoms with Gasteiger partial charge in [0.15, 0.2) is 0 Å². The lowest BCUT2D eigenvalue weighted by Gasteiger charge is -2.05. The number of hydrogen-bond acceptors (Lipinski definition) is 2. The Hall–Kier alpha value is -0.895. The standard InChI is InChI=1S/C14H12BClOS/c1-15-14-8-13(5-2-10(14)9-17-15)18-12-6-3-11(16)4-7-12/h2-8H,9H2,1H3. The predicted molar refractivity (Wildman–Crippen MR) is 78.1 cm³/mol. The van der Waals surface area contributed by atoms with Crippen molar-refractivity contribution in [2.24, 2.45) is 0 Å². The van der Waals surface area contributed by atoms with Gasteiger partial charge in [0.1, 0.15) is 0 Å². The molecular formula is C14H12BClOS. The molecule has 90 valence electrons. The molecule has 3 rings (SSSR count). The van der Waals surface area contributed by atoms with Crippen molar-refractivity contribution < 1.29 is 4.65 Å². The Kier molecular flexibility index (Phi) is 3.38. The Balaban J connectivity index is 1.85. The molecule has 0 aromatic heterocycles. The number of halogens is 1. The summed E-state index contributed by atoms with van der Waals surface area (Å²) in [5.41, 5.74) is 2.62. The van der Waals surface area contributed by atoms with Crippen LogP contribution in [-0.4, -0.2) is 6.92 Å². The molecule has 0 bridgehead atoms. The van der Waals surface area contributed by atoms with Gasteiger partial charge in [0, 0.05) is 14.8 Å². The van der Waals surface area contributed by atoms with Crippen molar-refractivity contribution >= 4 is 35.7 Å². The first-order valence-corrected chi connectivity index (χ1v) is 7.10. The number of rotatable bonds is 2. The molecule has 1 heterocycles. The highest BCUT2D eigenvalue weighted by molar-refractivity contribution is 7.99. The molecule has 0 amide bonds. The second-order valence-electron chi connectivity index (χ2n) is 4.37. The number of benzene rings is 2. The van der Waals surface area contributed by atoms with E-state index < -0.39 is 0 Å². The molecule has 0 saturated heterocycles. The molecule has 1 aliphatic heterocycles. The minimum atomic E-state index is 0.214. The molecular weight excluding hydrogens is 262 g/mol. The largest absolute Gasteiger partial charge is 0.427 e. The Morgan fingerprint density at radius 2 is 1.83 bits per heavy atom. The molecule has 0 radical (unpaired) electrons. The topological polar surface area (TPSA) is 9.23 Å². The van der Waals surface area contributed by atoms with E-state index in [9.17, 15) is 0 Å². The van der Waals surface area contributed by atoms with Gasteiger partial charge in [-0.05, 0) is 41.4 Å². The maximum Gasteiger partial charge on any atom is 0.324 e. The van der Waals surface area contributed by atoms with Crippen LogP contribution in [0.2, 0.25) is 11.8 Å². The first-order chi connectivity index (χ1) is 8.72. The summed E-state index contributed by atoms with van der Waals surface area (Å²) >= 11 is 7.63. The quantitative estimate of drug-likeness (QED) is 0.769. The summed E-state index contributed by atoms with van der Waals surface area (Å²) in [6.45, 7) is 3.05. The van der Waals surface area contributed by atoms with Crippen LogP contribution in [0.4, 0.5) is 0 Å². The van der Waals surface area contributed by atoms with E-state index in [2.05, 4.69) is 25.0 Å². The molecule has 18 heavy (non-hydrogen) atoms. The molecule has 2 aromatic carbocycles. The summed E-state index contributed by atoms with van der Waals surface area (Å²) in [6, 6.07) is 14.5. The van der Waals surface area contributed by atoms with Crippen LogP contribution >= 0.6 is 23.4 Å². The van der Waals surface area contributed by atoms with Gasteiger partial charge in [0.2, 0.25) is 0 Å². The van der Waals surface area contributed by atoms with Crippen molar-refractivity contribution in [3.63, 3.8) is 0 Å². The molecule has 4 heteroatoms. The predicted octanol–water partition coefficient (Wildman–Crippen LogP) is 3.85. The smallest absolute Gasteiger partial charge is 0.324 e. The van der Waals surface area contributed by atoms with Gasteiger partial charge in [-0.1, -0.05) is 42.3 Å². The molecule has 0 unspecified atom stereocenters. The van der Waals surface area contributed by atoms with Gasteiger partial charge in [0.25, 0.3) is 0 Å². The third kappa shape index (κ3) is 2.44. The zero-order valence-electron chi connectivity index (χ0n) is 10.0. The lowest BCUT2D eigenvalue weighted by molar-refractivity contribution is 0.333. The Labute approximate surface area is 117 Å². The van der Waals surface area contributed by atoms with Gasteiger partial charge < -0.3 is 4.65 Å². The van der Waals surface area contributed by atoms with Crippen molar-refractivity contribution in [3.05, 3.63) is 53.1 Å². The highest BCUT2D eigenvalue weighted by Crippen LogP contribution is 2.29. The summed E-state index contributed by atoms with van der Waals surface area (Å²) < 4.78 is 5.62. The lowest BCUT2D eigenvalue weighted by Crippen LogP contribution is -2.24. The van der Waals surface area contributed by atoms with Crippen molar-refractivity contribution in [2.75, 3.05) is 0 Å². The maximum absolute atomic E-state index is 5.88. The molecule has 0 saturated carbocycles. The van der Waals surface area contributed by atoms with Gasteiger partial charge in [-0.15, -0.1) is 0 Å². The van der Waals surface area contributed by atoms with E-state index in [4.69, 9.17) is 16.3 Å². The van der Waals surface area contributed by atoms with E-state index in [1.165, 1.54) is 20.8 Å². The Morgan fingerprint density at radius 1 is 1.11 bits per heavy atom. The third-order valence-electron chi connectivity index (χ3n) is 3.09. The van der Waals surface area contributed by atoms with E-state index in [1.54, 1.807) is 11.8 Å². The van der Waals surface area contributed by atoms with Gasteiger partial charge in [0.05, 0.1) is 6.61 Å². The fraction of sp³-hybridized carbons (Fsp3) is 0.143. The SMILES string of the molecule is CB1OCc2ccc(Sc3ccc(Cl)cc3)cc21. The Bertz CT molecular complexity index is 571. The highest BCUT2D eigenvalue weighted by atomic mass is 35.5. The molecule has 1 nitrogen and oxygen atoms in total. The zero-order valence-corrected chi connectivity index (χ0v) is 11.6. The van der Waals surface area contributed by atoms with Gasteiger partial charge in [-0.3, -0.25) is 0 Å². The average molecular weight is 275 g/mol. The minimum Gasteiger partial charge on any atom is -0.427 e. The van der Waals surface area contributed by atoms with E-state index in [0.29, 0.717) is 0 Å². The summed E-state index contributed by atoms with van der Waals surface area (Å²) in [6.07, 6.45) is 0. The van der Waals surface area contributed by atoms with E-state index in [1.807, 2.05) is 24.3 Å². The molecule has 0 N–H and O–H groups in total. The van der Waals surface area contributed by atoms with Gasteiger partial charge >= 0.3 is 6.92 Å². The second kappa shape index (κ2) is 5.00. The zero-order chi connectivity index (χ0) is 12.5. The van der Waals surface area contributed by atoms with Crippen molar-refractivity contribution in [1.29, 1.82) is 0 Å². The highest BCUT2D eigenvalue weighted by Gasteiger charge is 2.23. The van der Waals surface area contributed by atoms with E-state index in [0.717, 1.165) is 11.6 Å². The van der Waals surface area contributed by atoms with Crippen LogP contribution in [0.1, 0.15) is 5.56 Å². The minimum absolute atomic E-state index is 0.214. The fourth-order valence-electron chi connectivity index (χ4n) is 2.09. The van der Waals surface area contributed by atoms with Crippen LogP contribution in [-0.2, 0) is 11.3 Å². The molecule has 2 aromatic rings. The monoisotopic (exact) mass is 274 g/mol. The van der Waals surface area contributed by atoms with Gasteiger partial charge in [-0.25, -0.2) is 0 Å². The maximum atomic E-state index is 5.88. The first kappa shape index (κ1) is 12.2. The third-order valence-corrected chi connectivity index (χ3v) is 4.34. The van der Waals surface area contributed by atoms with Crippen LogP contribution in [0.3, 0.4) is 0 Å². The first-order valence-electron chi connectivity index (χ1n) is 5.90. The van der Waals surface area contributed by atoms with Crippen molar-refractivity contribution in [3.8, 4) is 0 Å². The summed E-state index contributed by atoms with van der Waals surface area (Å²) in [4.78, 5) is 2.44. The van der Waals surface area contributed by atoms with Crippen LogP contribution in [0.15, 0.2) is 52.3 Å². The number of hydrogen-bond donors (Lipinski definition) is 0. The average Bonchev–Trinajstić information content (AvgIpc) is 2.74. The van der Waals surface area contributed by atoms with E-state index in [-0.39, 0.29) is 6.92 Å². The second-order valence-corrected chi connectivity index (χ2v) is 5.95. The van der Waals surface area contributed by atoms with Crippen LogP contribution < -0.4 is 5.46 Å². The lowest BCUT2D eigenvalue weighted by atomic mass is 9.64. The van der Waals surface area contributed by atoms with Crippen LogP contribution in [0.5, 0.6) is 0 Å². The molecule has 0 spiro atoms. The fourth-order valence-corrected chi connectivity index (χ4v) is 3.08. The number of fused-ring (bicyclic) bond motifs is 1. The summed E-state index contributed by atoms with van der Waals surface area (Å²) in [5.74, 6) is 0. The summed E-state index contributed by atoms with van der Waals surface area (Å²) in [7, 11) is 0. The normalized spacial score (nSPS) is 13.8. The Morgan fingerprint density at radius 3 is 2.61 bits per heavy atom.